The van der Waals surface area contributed by atoms with E-state index in [4.69, 9.17) is 10.7 Å². The van der Waals surface area contributed by atoms with Crippen LogP contribution in [-0.4, -0.2) is 41.4 Å². The number of aromatic nitrogens is 2. The van der Waals surface area contributed by atoms with Crippen molar-refractivity contribution in [2.75, 3.05) is 24.5 Å². The van der Waals surface area contributed by atoms with E-state index in [1.54, 1.807) is 18.3 Å². The number of hydrogen-bond donors (Lipinski definition) is 1. The highest BCUT2D eigenvalue weighted by Gasteiger charge is 2.31. The summed E-state index contributed by atoms with van der Waals surface area (Å²) in [5, 5.41) is 3.59. The van der Waals surface area contributed by atoms with Crippen LogP contribution in [0.5, 0.6) is 0 Å². The first kappa shape index (κ1) is 18.9. The fourth-order valence-electron chi connectivity index (χ4n) is 4.02. The van der Waals surface area contributed by atoms with Crippen molar-refractivity contribution in [2.45, 2.75) is 45.1 Å². The van der Waals surface area contributed by atoms with Crippen molar-refractivity contribution in [3.8, 4) is 0 Å². The molecule has 0 amide bonds. The van der Waals surface area contributed by atoms with Crippen molar-refractivity contribution in [2.24, 2.45) is 5.92 Å². The Labute approximate surface area is 166 Å². The zero-order valence-electron chi connectivity index (χ0n) is 16.6. The Morgan fingerprint density at radius 1 is 1.32 bits per heavy atom. The molecule has 2 fully saturated rings. The first-order valence-electron chi connectivity index (χ1n) is 10.2. The summed E-state index contributed by atoms with van der Waals surface area (Å²) in [6.45, 7) is 7.19. The lowest BCUT2D eigenvalue weighted by molar-refractivity contribution is 0.103. The molecule has 1 aliphatic heterocycles. The third-order valence-electron chi connectivity index (χ3n) is 5.53. The van der Waals surface area contributed by atoms with Crippen LogP contribution in [0.15, 0.2) is 30.5 Å². The molecule has 1 radical (unpaired) electrons. The number of nitrogens with one attached hydrogen (secondary N) is 2. The number of nitrogens with zero attached hydrogens (tertiary/aromatic N) is 3. The van der Waals surface area contributed by atoms with Gasteiger partial charge in [0.2, 0.25) is 5.78 Å². The normalized spacial score (nSPS) is 19.8. The van der Waals surface area contributed by atoms with E-state index >= 15 is 0 Å². The second kappa shape index (κ2) is 7.87. The molecule has 0 aromatic carbocycles. The van der Waals surface area contributed by atoms with Crippen LogP contribution >= 0.6 is 0 Å². The van der Waals surface area contributed by atoms with E-state index in [0.717, 1.165) is 50.3 Å². The van der Waals surface area contributed by atoms with Gasteiger partial charge in [-0.2, -0.15) is 0 Å². The van der Waals surface area contributed by atoms with Crippen LogP contribution in [0.3, 0.4) is 0 Å². The van der Waals surface area contributed by atoms with Gasteiger partial charge in [0.05, 0.1) is 5.56 Å². The van der Waals surface area contributed by atoms with Gasteiger partial charge in [-0.05, 0) is 54.9 Å². The number of hydrogen-bond acceptors (Lipinski definition) is 5. The third-order valence-corrected chi connectivity index (χ3v) is 5.53. The number of anilines is 1. The number of pyridine rings is 2. The van der Waals surface area contributed by atoms with E-state index in [1.165, 1.54) is 0 Å². The first-order chi connectivity index (χ1) is 13.5. The van der Waals surface area contributed by atoms with Gasteiger partial charge in [-0.3, -0.25) is 10.5 Å². The van der Waals surface area contributed by atoms with Crippen molar-refractivity contribution in [3.05, 3.63) is 47.3 Å². The molecule has 2 N–H and O–H groups in total. The molecule has 6 heteroatoms. The zero-order valence-corrected chi connectivity index (χ0v) is 16.6. The van der Waals surface area contributed by atoms with Gasteiger partial charge in [0.15, 0.2) is 5.82 Å². The number of piperazine rings is 1. The molecule has 0 unspecified atom stereocenters. The SMILES string of the molecule is CC(C)C[C@H]1CN(c2ccc(C3CC3)c(C(=O)c3cccnc3[NH])n2)CCN1. The Morgan fingerprint density at radius 3 is 2.86 bits per heavy atom. The predicted octanol–water partition coefficient (Wildman–Crippen LogP) is 3.32. The van der Waals surface area contributed by atoms with Gasteiger partial charge in [0, 0.05) is 31.9 Å². The van der Waals surface area contributed by atoms with Crippen molar-refractivity contribution >= 4 is 17.4 Å². The molecule has 1 aliphatic carbocycles. The van der Waals surface area contributed by atoms with Crippen LogP contribution in [0, 0.1) is 5.92 Å². The highest BCUT2D eigenvalue weighted by molar-refractivity contribution is 6.11. The van der Waals surface area contributed by atoms with E-state index in [2.05, 4.69) is 41.2 Å². The molecule has 3 heterocycles. The van der Waals surface area contributed by atoms with Gasteiger partial charge in [0.25, 0.3) is 0 Å². The predicted molar refractivity (Wildman–Crippen MR) is 110 cm³/mol. The maximum atomic E-state index is 13.2. The van der Waals surface area contributed by atoms with Crippen LogP contribution < -0.4 is 16.0 Å². The van der Waals surface area contributed by atoms with Gasteiger partial charge in [0.1, 0.15) is 11.5 Å². The van der Waals surface area contributed by atoms with Crippen molar-refractivity contribution in [1.82, 2.24) is 21.0 Å². The Hall–Kier alpha value is -2.47. The van der Waals surface area contributed by atoms with E-state index in [9.17, 15) is 4.79 Å². The highest BCUT2D eigenvalue weighted by atomic mass is 16.1. The molecule has 4 rings (SSSR count). The van der Waals surface area contributed by atoms with Gasteiger partial charge in [-0.1, -0.05) is 19.9 Å². The molecule has 2 aliphatic rings. The lowest BCUT2D eigenvalue weighted by Crippen LogP contribution is -2.51. The minimum absolute atomic E-state index is 0.0145. The van der Waals surface area contributed by atoms with Gasteiger partial charge in [-0.25, -0.2) is 9.97 Å². The molecule has 0 spiro atoms. The fourth-order valence-corrected chi connectivity index (χ4v) is 4.02. The quantitative estimate of drug-likeness (QED) is 0.780. The summed E-state index contributed by atoms with van der Waals surface area (Å²) in [5.74, 6) is 1.75. The monoisotopic (exact) mass is 378 g/mol. The van der Waals surface area contributed by atoms with Crippen molar-refractivity contribution < 1.29 is 4.79 Å². The largest absolute Gasteiger partial charge is 0.354 e. The fraction of sp³-hybridized carbons (Fsp3) is 0.500. The molecular formula is C22H28N5O. The minimum Gasteiger partial charge on any atom is -0.354 e. The summed E-state index contributed by atoms with van der Waals surface area (Å²) in [6.07, 6.45) is 4.87. The van der Waals surface area contributed by atoms with Gasteiger partial charge < -0.3 is 10.2 Å². The van der Waals surface area contributed by atoms with Crippen LogP contribution in [-0.2, 0) is 0 Å². The summed E-state index contributed by atoms with van der Waals surface area (Å²) in [7, 11) is 0. The average molecular weight is 379 g/mol. The maximum Gasteiger partial charge on any atom is 0.215 e. The second-order valence-electron chi connectivity index (χ2n) is 8.34. The molecule has 2 aromatic rings. The summed E-state index contributed by atoms with van der Waals surface area (Å²) < 4.78 is 0. The average Bonchev–Trinajstić information content (AvgIpc) is 3.52. The minimum atomic E-state index is -0.185. The van der Waals surface area contributed by atoms with Crippen LogP contribution in [0.1, 0.15) is 60.6 Å². The van der Waals surface area contributed by atoms with Gasteiger partial charge in [-0.15, -0.1) is 0 Å². The molecule has 2 aromatic heterocycles. The van der Waals surface area contributed by atoms with Crippen molar-refractivity contribution in [1.29, 1.82) is 0 Å². The highest BCUT2D eigenvalue weighted by Crippen LogP contribution is 2.42. The maximum absolute atomic E-state index is 13.2. The van der Waals surface area contributed by atoms with Crippen LogP contribution in [0.25, 0.3) is 0 Å². The zero-order chi connectivity index (χ0) is 19.7. The Morgan fingerprint density at radius 2 is 2.14 bits per heavy atom. The summed E-state index contributed by atoms with van der Waals surface area (Å²) in [5.41, 5.74) is 9.85. The first-order valence-corrected chi connectivity index (χ1v) is 10.2. The molecule has 28 heavy (non-hydrogen) atoms. The topological polar surface area (TPSA) is 81.9 Å². The van der Waals surface area contributed by atoms with Crippen molar-refractivity contribution in [3.63, 3.8) is 0 Å². The molecule has 6 nitrogen and oxygen atoms in total. The molecule has 147 valence electrons. The molecule has 1 atom stereocenters. The molecule has 1 saturated carbocycles. The number of carbonyl (C=O) groups is 1. The summed E-state index contributed by atoms with van der Waals surface area (Å²) in [6, 6.07) is 7.96. The number of rotatable bonds is 6. The third kappa shape index (κ3) is 4.02. The summed E-state index contributed by atoms with van der Waals surface area (Å²) in [4.78, 5) is 24.3. The molecule has 1 saturated heterocycles. The number of ketones is 1. The second-order valence-corrected chi connectivity index (χ2v) is 8.34. The Kier molecular flexibility index (Phi) is 5.31. The lowest BCUT2D eigenvalue weighted by atomic mass is 10.00. The van der Waals surface area contributed by atoms with E-state index in [1.807, 2.05) is 0 Å². The lowest BCUT2D eigenvalue weighted by Gasteiger charge is -2.35. The van der Waals surface area contributed by atoms with Crippen LogP contribution in [0.4, 0.5) is 11.6 Å². The Bertz CT molecular complexity index is 862. The van der Waals surface area contributed by atoms with E-state index in [-0.39, 0.29) is 11.6 Å². The standard InChI is InChI=1S/C22H28N5O/c1-14(2)12-16-13-27(11-10-24-16)19-8-7-17(15-5-6-15)20(26-19)21(28)18-4-3-9-25-22(18)23/h3-4,7-9,14-16,23-24H,5-6,10-13H2,1-2H3/t16-/m0/s1. The summed E-state index contributed by atoms with van der Waals surface area (Å²) >= 11 is 0. The van der Waals surface area contributed by atoms with Crippen LogP contribution in [0.2, 0.25) is 0 Å². The van der Waals surface area contributed by atoms with E-state index in [0.29, 0.717) is 29.1 Å². The molecular weight excluding hydrogens is 350 g/mol. The number of carbonyl (C=O) groups excluding carboxylic acids is 1. The van der Waals surface area contributed by atoms with Gasteiger partial charge >= 0.3 is 0 Å². The smallest absolute Gasteiger partial charge is 0.215 e. The van der Waals surface area contributed by atoms with E-state index < -0.39 is 0 Å². The molecule has 0 bridgehead atoms. The Balaban J connectivity index is 1.64.